The highest BCUT2D eigenvalue weighted by Crippen LogP contribution is 2.31. The number of hydrogen-bond acceptors (Lipinski definition) is 6. The summed E-state index contributed by atoms with van der Waals surface area (Å²) >= 11 is 0. The first-order valence-corrected chi connectivity index (χ1v) is 8.65. The zero-order valence-electron chi connectivity index (χ0n) is 15.2. The molecule has 0 saturated heterocycles. The van der Waals surface area contributed by atoms with Crippen molar-refractivity contribution < 1.29 is 4.92 Å². The summed E-state index contributed by atoms with van der Waals surface area (Å²) in [6.07, 6.45) is 1.32. The van der Waals surface area contributed by atoms with Gasteiger partial charge in [-0.2, -0.15) is 0 Å². The van der Waals surface area contributed by atoms with E-state index in [1.807, 2.05) is 68.4 Å². The number of rotatable bonds is 7. The zero-order chi connectivity index (χ0) is 19.2. The third kappa shape index (κ3) is 4.58. The third-order valence-corrected chi connectivity index (χ3v) is 4.24. The number of benzene rings is 2. The van der Waals surface area contributed by atoms with E-state index in [1.54, 1.807) is 0 Å². The Morgan fingerprint density at radius 1 is 1.04 bits per heavy atom. The van der Waals surface area contributed by atoms with Gasteiger partial charge < -0.3 is 10.6 Å². The van der Waals surface area contributed by atoms with Gasteiger partial charge in [0.1, 0.15) is 6.33 Å². The lowest BCUT2D eigenvalue weighted by Gasteiger charge is -2.16. The van der Waals surface area contributed by atoms with Crippen LogP contribution in [-0.4, -0.2) is 14.9 Å². The molecular weight excluding hydrogens is 342 g/mol. The standard InChI is InChI=1S/C20H21N5O2/c1-14-8-10-16(11-9-14)12-21-19-18(25(26)27)20(23-13-22-19)24-15(2)17-6-4-3-5-7-17/h3-11,13,15H,12H2,1-2H3,(H2,21,22,23,24). The van der Waals surface area contributed by atoms with Gasteiger partial charge >= 0.3 is 5.69 Å². The maximum absolute atomic E-state index is 11.7. The summed E-state index contributed by atoms with van der Waals surface area (Å²) in [6.45, 7) is 4.38. The van der Waals surface area contributed by atoms with Gasteiger partial charge in [0.2, 0.25) is 11.6 Å². The molecule has 138 valence electrons. The molecule has 3 aromatic rings. The topological polar surface area (TPSA) is 93.0 Å². The maximum Gasteiger partial charge on any atom is 0.353 e. The van der Waals surface area contributed by atoms with Crippen LogP contribution in [0.15, 0.2) is 60.9 Å². The fourth-order valence-corrected chi connectivity index (χ4v) is 2.71. The highest BCUT2D eigenvalue weighted by Gasteiger charge is 2.24. The van der Waals surface area contributed by atoms with Gasteiger partial charge in [0.25, 0.3) is 0 Å². The van der Waals surface area contributed by atoms with Crippen LogP contribution in [0.3, 0.4) is 0 Å². The monoisotopic (exact) mass is 363 g/mol. The molecule has 0 radical (unpaired) electrons. The molecule has 0 spiro atoms. The van der Waals surface area contributed by atoms with Crippen LogP contribution in [0.2, 0.25) is 0 Å². The predicted octanol–water partition coefficient (Wildman–Crippen LogP) is 4.48. The van der Waals surface area contributed by atoms with E-state index < -0.39 is 4.92 Å². The molecular formula is C20H21N5O2. The molecule has 1 unspecified atom stereocenters. The SMILES string of the molecule is Cc1ccc(CNc2ncnc(NC(C)c3ccccc3)c2[N+](=O)[O-])cc1. The van der Waals surface area contributed by atoms with E-state index in [-0.39, 0.29) is 23.4 Å². The van der Waals surface area contributed by atoms with Gasteiger partial charge in [-0.05, 0) is 25.0 Å². The molecule has 0 aliphatic carbocycles. The fraction of sp³-hybridized carbons (Fsp3) is 0.200. The van der Waals surface area contributed by atoms with Crippen LogP contribution in [0, 0.1) is 17.0 Å². The minimum absolute atomic E-state index is 0.134. The Labute approximate surface area is 157 Å². The number of aromatic nitrogens is 2. The molecule has 2 aromatic carbocycles. The second kappa shape index (κ2) is 8.27. The Bertz CT molecular complexity index is 913. The second-order valence-corrected chi connectivity index (χ2v) is 6.29. The summed E-state index contributed by atoms with van der Waals surface area (Å²) in [5.41, 5.74) is 3.03. The first-order valence-electron chi connectivity index (χ1n) is 8.65. The molecule has 0 saturated carbocycles. The van der Waals surface area contributed by atoms with Gasteiger partial charge in [0.15, 0.2) is 0 Å². The molecule has 7 heteroatoms. The molecule has 0 aliphatic rings. The van der Waals surface area contributed by atoms with Gasteiger partial charge in [-0.1, -0.05) is 60.2 Å². The van der Waals surface area contributed by atoms with E-state index >= 15 is 0 Å². The molecule has 1 heterocycles. The summed E-state index contributed by atoms with van der Waals surface area (Å²) in [7, 11) is 0. The van der Waals surface area contributed by atoms with Crippen molar-refractivity contribution >= 4 is 17.3 Å². The highest BCUT2D eigenvalue weighted by molar-refractivity contribution is 5.69. The number of anilines is 2. The average Bonchev–Trinajstić information content (AvgIpc) is 2.68. The van der Waals surface area contributed by atoms with Crippen molar-refractivity contribution in [2.75, 3.05) is 10.6 Å². The Morgan fingerprint density at radius 2 is 1.70 bits per heavy atom. The molecule has 0 amide bonds. The van der Waals surface area contributed by atoms with Crippen LogP contribution in [0.1, 0.15) is 29.7 Å². The number of aryl methyl sites for hydroxylation is 1. The van der Waals surface area contributed by atoms with Crippen molar-refractivity contribution in [3.63, 3.8) is 0 Å². The van der Waals surface area contributed by atoms with Crippen molar-refractivity contribution in [2.45, 2.75) is 26.4 Å². The van der Waals surface area contributed by atoms with E-state index in [2.05, 4.69) is 20.6 Å². The van der Waals surface area contributed by atoms with Gasteiger partial charge in [0, 0.05) is 6.54 Å². The van der Waals surface area contributed by atoms with Gasteiger partial charge in [-0.25, -0.2) is 9.97 Å². The molecule has 1 atom stereocenters. The van der Waals surface area contributed by atoms with Gasteiger partial charge in [-0.15, -0.1) is 0 Å². The lowest BCUT2D eigenvalue weighted by Crippen LogP contribution is -2.12. The van der Waals surface area contributed by atoms with Crippen LogP contribution in [0.25, 0.3) is 0 Å². The van der Waals surface area contributed by atoms with Gasteiger partial charge in [-0.3, -0.25) is 10.1 Å². The number of nitrogens with zero attached hydrogens (tertiary/aromatic N) is 3. The van der Waals surface area contributed by atoms with E-state index in [0.717, 1.165) is 16.7 Å². The van der Waals surface area contributed by atoms with E-state index in [1.165, 1.54) is 6.33 Å². The Hall–Kier alpha value is -3.48. The molecule has 3 rings (SSSR count). The zero-order valence-corrected chi connectivity index (χ0v) is 15.2. The van der Waals surface area contributed by atoms with Crippen LogP contribution in [-0.2, 0) is 6.54 Å². The summed E-state index contributed by atoms with van der Waals surface area (Å²) in [5.74, 6) is 0.385. The molecule has 7 nitrogen and oxygen atoms in total. The lowest BCUT2D eigenvalue weighted by atomic mass is 10.1. The van der Waals surface area contributed by atoms with E-state index in [0.29, 0.717) is 6.54 Å². The number of nitrogens with one attached hydrogen (secondary N) is 2. The smallest absolute Gasteiger partial charge is 0.353 e. The molecule has 0 bridgehead atoms. The second-order valence-electron chi connectivity index (χ2n) is 6.29. The van der Waals surface area contributed by atoms with Crippen LogP contribution < -0.4 is 10.6 Å². The van der Waals surface area contributed by atoms with E-state index in [4.69, 9.17) is 0 Å². The normalized spacial score (nSPS) is 11.6. The largest absolute Gasteiger partial charge is 0.360 e. The minimum atomic E-state index is -0.461. The minimum Gasteiger partial charge on any atom is -0.360 e. The van der Waals surface area contributed by atoms with Crippen LogP contribution >= 0.6 is 0 Å². The quantitative estimate of drug-likeness (QED) is 0.475. The Morgan fingerprint density at radius 3 is 2.37 bits per heavy atom. The highest BCUT2D eigenvalue weighted by atomic mass is 16.6. The van der Waals surface area contributed by atoms with Crippen molar-refractivity contribution in [3.05, 3.63) is 87.7 Å². The number of hydrogen-bond donors (Lipinski definition) is 2. The first kappa shape index (κ1) is 18.3. The maximum atomic E-state index is 11.7. The van der Waals surface area contributed by atoms with Crippen molar-refractivity contribution in [3.8, 4) is 0 Å². The molecule has 1 aromatic heterocycles. The summed E-state index contributed by atoms with van der Waals surface area (Å²) < 4.78 is 0. The Kier molecular flexibility index (Phi) is 5.61. The number of nitro groups is 1. The van der Waals surface area contributed by atoms with Crippen LogP contribution in [0.5, 0.6) is 0 Å². The fourth-order valence-electron chi connectivity index (χ4n) is 2.71. The van der Waals surface area contributed by atoms with Crippen LogP contribution in [0.4, 0.5) is 17.3 Å². The molecule has 2 N–H and O–H groups in total. The van der Waals surface area contributed by atoms with Crippen molar-refractivity contribution in [1.82, 2.24) is 9.97 Å². The Balaban J connectivity index is 1.81. The van der Waals surface area contributed by atoms with Gasteiger partial charge in [0.05, 0.1) is 11.0 Å². The van der Waals surface area contributed by atoms with Crippen molar-refractivity contribution in [2.24, 2.45) is 0 Å². The summed E-state index contributed by atoms with van der Waals surface area (Å²) in [6, 6.07) is 17.5. The average molecular weight is 363 g/mol. The summed E-state index contributed by atoms with van der Waals surface area (Å²) in [4.78, 5) is 19.4. The molecule has 0 aliphatic heterocycles. The van der Waals surface area contributed by atoms with E-state index in [9.17, 15) is 10.1 Å². The molecule has 0 fully saturated rings. The molecule has 27 heavy (non-hydrogen) atoms. The first-order chi connectivity index (χ1) is 13.0. The summed E-state index contributed by atoms with van der Waals surface area (Å²) in [5, 5.41) is 17.8. The lowest BCUT2D eigenvalue weighted by molar-refractivity contribution is -0.383. The predicted molar refractivity (Wildman–Crippen MR) is 106 cm³/mol. The van der Waals surface area contributed by atoms with Crippen molar-refractivity contribution in [1.29, 1.82) is 0 Å². The third-order valence-electron chi connectivity index (χ3n) is 4.24.